The summed E-state index contributed by atoms with van der Waals surface area (Å²) in [5.41, 5.74) is 0.738. The normalized spacial score (nSPS) is 20.8. The highest BCUT2D eigenvalue weighted by Crippen LogP contribution is 2.25. The van der Waals surface area contributed by atoms with E-state index in [1.54, 1.807) is 0 Å². The number of hydrogen-bond acceptors (Lipinski definition) is 5. The maximum Gasteiger partial charge on any atom is 0.233 e. The van der Waals surface area contributed by atoms with Gasteiger partial charge in [0.15, 0.2) is 0 Å². The molecule has 0 bridgehead atoms. The molecule has 1 aromatic rings. The Labute approximate surface area is 152 Å². The molecule has 3 unspecified atom stereocenters. The van der Waals surface area contributed by atoms with Crippen LogP contribution < -0.4 is 16.0 Å². The van der Waals surface area contributed by atoms with Crippen molar-refractivity contribution in [2.75, 3.05) is 25.0 Å². The number of aliphatic hydroxyl groups excluding tert-OH is 1. The lowest BCUT2D eigenvalue weighted by Crippen LogP contribution is -2.38. The van der Waals surface area contributed by atoms with E-state index in [4.69, 9.17) is 0 Å². The maximum absolute atomic E-state index is 12.1. The largest absolute Gasteiger partial charge is 0.391 e. The molecule has 3 atom stereocenters. The lowest BCUT2D eigenvalue weighted by atomic mass is 10.1. The average molecular weight is 374 g/mol. The first-order valence-corrected chi connectivity index (χ1v) is 8.54. The Hall–Kier alpha value is -1.28. The Morgan fingerprint density at radius 2 is 2.00 bits per heavy atom. The molecule has 0 aliphatic carbocycles. The Morgan fingerprint density at radius 1 is 1.33 bits per heavy atom. The molecule has 1 aromatic carbocycles. The molecular formula is C16H24ClN3O3S. The van der Waals surface area contributed by atoms with E-state index in [1.807, 2.05) is 31.2 Å². The predicted molar refractivity (Wildman–Crippen MR) is 98.7 cm³/mol. The van der Waals surface area contributed by atoms with Crippen molar-refractivity contribution in [1.29, 1.82) is 0 Å². The number of hydrogen-bond donors (Lipinski definition) is 4. The van der Waals surface area contributed by atoms with E-state index in [2.05, 4.69) is 16.0 Å². The summed E-state index contributed by atoms with van der Waals surface area (Å²) >= 11 is 1.46. The fraction of sp³-hybridized carbons (Fsp3) is 0.500. The number of aliphatic hydroxyl groups is 1. The molecule has 134 valence electrons. The lowest BCUT2D eigenvalue weighted by Gasteiger charge is -2.17. The summed E-state index contributed by atoms with van der Waals surface area (Å²) in [5, 5.41) is 18.2. The molecule has 1 heterocycles. The Bertz CT molecular complexity index is 556. The van der Waals surface area contributed by atoms with Gasteiger partial charge in [0, 0.05) is 43.1 Å². The molecule has 1 fully saturated rings. The van der Waals surface area contributed by atoms with Gasteiger partial charge in [-0.25, -0.2) is 0 Å². The number of benzene rings is 1. The molecule has 24 heavy (non-hydrogen) atoms. The SMILES string of the molecule is CC(=O)Nc1ccc(SC(C)C(=O)NCC2CNCC2O)cc1.Cl. The number of carbonyl (C=O) groups is 2. The summed E-state index contributed by atoms with van der Waals surface area (Å²) in [6.45, 7) is 5.12. The van der Waals surface area contributed by atoms with Gasteiger partial charge in [0.1, 0.15) is 0 Å². The zero-order valence-corrected chi connectivity index (χ0v) is 15.4. The summed E-state index contributed by atoms with van der Waals surface area (Å²) in [5.74, 6) is -0.0742. The standard InChI is InChI=1S/C16H23N3O3S.ClH/c1-10(16(22)18-8-12-7-17-9-15(12)21)23-14-5-3-13(4-6-14)19-11(2)20;/h3-6,10,12,15,17,21H,7-9H2,1-2H3,(H,18,22)(H,19,20);1H. The number of thioether (sulfide) groups is 1. The van der Waals surface area contributed by atoms with Crippen LogP contribution in [0.1, 0.15) is 13.8 Å². The van der Waals surface area contributed by atoms with E-state index in [0.29, 0.717) is 13.1 Å². The highest BCUT2D eigenvalue weighted by molar-refractivity contribution is 8.00. The van der Waals surface area contributed by atoms with Gasteiger partial charge in [-0.2, -0.15) is 0 Å². The molecule has 8 heteroatoms. The number of β-amino-alcohol motifs (C(OH)–C–C–N with tert-alkyl or cyclic N) is 1. The third kappa shape index (κ3) is 6.32. The zero-order valence-electron chi connectivity index (χ0n) is 13.7. The number of rotatable bonds is 6. The molecule has 2 amide bonds. The van der Waals surface area contributed by atoms with E-state index in [9.17, 15) is 14.7 Å². The van der Waals surface area contributed by atoms with Gasteiger partial charge in [0.05, 0.1) is 11.4 Å². The number of anilines is 1. The van der Waals surface area contributed by atoms with E-state index in [1.165, 1.54) is 18.7 Å². The van der Waals surface area contributed by atoms with Crippen LogP contribution in [0.5, 0.6) is 0 Å². The second kappa shape index (κ2) is 9.88. The molecule has 2 rings (SSSR count). The first-order chi connectivity index (χ1) is 11.0. The van der Waals surface area contributed by atoms with Crippen LogP contribution in [0.2, 0.25) is 0 Å². The van der Waals surface area contributed by atoms with Crippen molar-refractivity contribution in [3.05, 3.63) is 24.3 Å². The smallest absolute Gasteiger partial charge is 0.233 e. The molecule has 1 aliphatic rings. The quantitative estimate of drug-likeness (QED) is 0.563. The average Bonchev–Trinajstić information content (AvgIpc) is 2.91. The zero-order chi connectivity index (χ0) is 16.8. The number of halogens is 1. The molecule has 0 radical (unpaired) electrons. The van der Waals surface area contributed by atoms with Crippen molar-refractivity contribution in [2.45, 2.75) is 30.1 Å². The van der Waals surface area contributed by atoms with Crippen LogP contribution in [0.4, 0.5) is 5.69 Å². The molecule has 0 saturated carbocycles. The van der Waals surface area contributed by atoms with Crippen molar-refractivity contribution in [2.24, 2.45) is 5.92 Å². The van der Waals surface area contributed by atoms with Crippen LogP contribution in [-0.2, 0) is 9.59 Å². The summed E-state index contributed by atoms with van der Waals surface area (Å²) in [6.07, 6.45) is -0.389. The van der Waals surface area contributed by atoms with Gasteiger partial charge >= 0.3 is 0 Å². The third-order valence-electron chi connectivity index (χ3n) is 3.70. The summed E-state index contributed by atoms with van der Waals surface area (Å²) in [4.78, 5) is 24.1. The van der Waals surface area contributed by atoms with Crippen LogP contribution in [-0.4, -0.2) is 47.9 Å². The van der Waals surface area contributed by atoms with Crippen LogP contribution in [0.15, 0.2) is 29.2 Å². The number of nitrogens with one attached hydrogen (secondary N) is 3. The fourth-order valence-corrected chi connectivity index (χ4v) is 3.27. The van der Waals surface area contributed by atoms with Crippen molar-refractivity contribution in [1.82, 2.24) is 10.6 Å². The van der Waals surface area contributed by atoms with Crippen LogP contribution in [0, 0.1) is 5.92 Å². The van der Waals surface area contributed by atoms with Crippen LogP contribution in [0.25, 0.3) is 0 Å². The van der Waals surface area contributed by atoms with Gasteiger partial charge in [0.25, 0.3) is 0 Å². The van der Waals surface area contributed by atoms with Gasteiger partial charge < -0.3 is 21.1 Å². The fourth-order valence-electron chi connectivity index (χ4n) is 2.38. The number of amides is 2. The minimum Gasteiger partial charge on any atom is -0.391 e. The van der Waals surface area contributed by atoms with E-state index >= 15 is 0 Å². The molecule has 0 spiro atoms. The molecule has 4 N–H and O–H groups in total. The highest BCUT2D eigenvalue weighted by Gasteiger charge is 2.25. The summed E-state index contributed by atoms with van der Waals surface area (Å²) in [7, 11) is 0. The highest BCUT2D eigenvalue weighted by atomic mass is 35.5. The minimum atomic E-state index is -0.389. The van der Waals surface area contributed by atoms with Gasteiger partial charge in [0.2, 0.25) is 11.8 Å². The Kier molecular flexibility index (Phi) is 8.55. The molecule has 1 aliphatic heterocycles. The molecule has 6 nitrogen and oxygen atoms in total. The van der Waals surface area contributed by atoms with Crippen LogP contribution in [0.3, 0.4) is 0 Å². The summed E-state index contributed by atoms with van der Waals surface area (Å²) < 4.78 is 0. The monoisotopic (exact) mass is 373 g/mol. The predicted octanol–water partition coefficient (Wildman–Crippen LogP) is 1.24. The van der Waals surface area contributed by atoms with E-state index in [0.717, 1.165) is 17.1 Å². The topological polar surface area (TPSA) is 90.5 Å². The second-order valence-corrected chi connectivity index (χ2v) is 7.11. The van der Waals surface area contributed by atoms with Gasteiger partial charge in [-0.05, 0) is 31.2 Å². The third-order valence-corrected chi connectivity index (χ3v) is 4.81. The molecule has 1 saturated heterocycles. The minimum absolute atomic E-state index is 0. The first-order valence-electron chi connectivity index (χ1n) is 7.66. The van der Waals surface area contributed by atoms with E-state index < -0.39 is 0 Å². The lowest BCUT2D eigenvalue weighted by molar-refractivity contribution is -0.120. The van der Waals surface area contributed by atoms with Crippen molar-refractivity contribution in [3.63, 3.8) is 0 Å². The Balaban J connectivity index is 0.00000288. The van der Waals surface area contributed by atoms with Crippen molar-refractivity contribution < 1.29 is 14.7 Å². The van der Waals surface area contributed by atoms with Crippen molar-refractivity contribution >= 4 is 41.7 Å². The van der Waals surface area contributed by atoms with Gasteiger partial charge in [-0.15, -0.1) is 24.2 Å². The first kappa shape index (κ1) is 20.8. The Morgan fingerprint density at radius 3 is 2.54 bits per heavy atom. The second-order valence-electron chi connectivity index (χ2n) is 5.70. The van der Waals surface area contributed by atoms with E-state index in [-0.39, 0.29) is 41.5 Å². The number of carbonyl (C=O) groups excluding carboxylic acids is 2. The van der Waals surface area contributed by atoms with Gasteiger partial charge in [-0.3, -0.25) is 9.59 Å². The maximum atomic E-state index is 12.1. The molecule has 0 aromatic heterocycles. The van der Waals surface area contributed by atoms with Crippen LogP contribution >= 0.6 is 24.2 Å². The van der Waals surface area contributed by atoms with Crippen molar-refractivity contribution in [3.8, 4) is 0 Å². The summed E-state index contributed by atoms with van der Waals surface area (Å²) in [6, 6.07) is 7.39. The molecular weight excluding hydrogens is 350 g/mol. The van der Waals surface area contributed by atoms with Gasteiger partial charge in [-0.1, -0.05) is 0 Å².